The Labute approximate surface area is 149 Å². The molecule has 24 heavy (non-hydrogen) atoms. The highest BCUT2D eigenvalue weighted by molar-refractivity contribution is 7.98. The van der Waals surface area contributed by atoms with Crippen molar-refractivity contribution in [1.29, 1.82) is 0 Å². The summed E-state index contributed by atoms with van der Waals surface area (Å²) >= 11 is 7.67. The van der Waals surface area contributed by atoms with Crippen LogP contribution >= 0.6 is 23.4 Å². The second-order valence-corrected chi connectivity index (χ2v) is 6.52. The summed E-state index contributed by atoms with van der Waals surface area (Å²) in [5.41, 5.74) is 3.03. The number of amides is 1. The van der Waals surface area contributed by atoms with E-state index in [0.29, 0.717) is 23.0 Å². The number of rotatable bonds is 5. The lowest BCUT2D eigenvalue weighted by atomic mass is 10.1. The molecular formula is C18H16ClN3OS. The number of benzene rings is 2. The quantitative estimate of drug-likeness (QED) is 0.666. The minimum atomic E-state index is -0.190. The summed E-state index contributed by atoms with van der Waals surface area (Å²) in [6, 6.07) is 17.2. The monoisotopic (exact) mass is 357 g/mol. The normalized spacial score (nSPS) is 10.6. The number of carbonyl (C=O) groups excluding carboxylic acids is 1. The third-order valence-corrected chi connectivity index (χ3v) is 4.53. The lowest BCUT2D eigenvalue weighted by molar-refractivity contribution is 0.0946. The number of thioether (sulfide) groups is 1. The van der Waals surface area contributed by atoms with Gasteiger partial charge in [-0.15, -0.1) is 11.8 Å². The number of hydrogen-bond acceptors (Lipinski definition) is 3. The number of hydrogen-bond donors (Lipinski definition) is 2. The van der Waals surface area contributed by atoms with Crippen molar-refractivity contribution in [2.24, 2.45) is 0 Å². The highest BCUT2D eigenvalue weighted by Gasteiger charge is 2.11. The van der Waals surface area contributed by atoms with Crippen LogP contribution in [0.4, 0.5) is 0 Å². The van der Waals surface area contributed by atoms with Gasteiger partial charge in [-0.2, -0.15) is 5.10 Å². The molecule has 6 heteroatoms. The summed E-state index contributed by atoms with van der Waals surface area (Å²) in [6.07, 6.45) is 2.03. The molecule has 0 atom stereocenters. The Hall–Kier alpha value is -2.24. The first-order valence-corrected chi connectivity index (χ1v) is 8.98. The molecule has 0 bridgehead atoms. The average Bonchev–Trinajstić information content (AvgIpc) is 3.10. The third kappa shape index (κ3) is 3.99. The van der Waals surface area contributed by atoms with Crippen LogP contribution in [0.5, 0.6) is 0 Å². The second kappa shape index (κ2) is 7.55. The minimum Gasteiger partial charge on any atom is -0.347 e. The SMILES string of the molecule is CSc1ccc(CNC(=O)c2cc(-c3cccc(Cl)c3)n[nH]2)cc1. The number of halogens is 1. The predicted octanol–water partition coefficient (Wildman–Crippen LogP) is 4.38. The fourth-order valence-corrected chi connectivity index (χ4v) is 2.85. The minimum absolute atomic E-state index is 0.190. The van der Waals surface area contributed by atoms with Crippen molar-refractivity contribution in [3.05, 3.63) is 70.9 Å². The smallest absolute Gasteiger partial charge is 0.269 e. The topological polar surface area (TPSA) is 57.8 Å². The molecule has 2 aromatic carbocycles. The Morgan fingerprint density at radius 2 is 2.00 bits per heavy atom. The van der Waals surface area contributed by atoms with Gasteiger partial charge in [-0.3, -0.25) is 9.89 Å². The molecule has 3 rings (SSSR count). The summed E-state index contributed by atoms with van der Waals surface area (Å²) in [5.74, 6) is -0.190. The highest BCUT2D eigenvalue weighted by atomic mass is 35.5. The van der Waals surface area contributed by atoms with Gasteiger partial charge in [-0.25, -0.2) is 0 Å². The van der Waals surface area contributed by atoms with Crippen LogP contribution in [0, 0.1) is 0 Å². The van der Waals surface area contributed by atoms with E-state index in [0.717, 1.165) is 11.1 Å². The van der Waals surface area contributed by atoms with Crippen LogP contribution in [-0.2, 0) is 6.54 Å². The van der Waals surface area contributed by atoms with Gasteiger partial charge in [0.1, 0.15) is 5.69 Å². The van der Waals surface area contributed by atoms with Crippen molar-refractivity contribution in [3.8, 4) is 11.3 Å². The Morgan fingerprint density at radius 3 is 2.71 bits per heavy atom. The van der Waals surface area contributed by atoms with Gasteiger partial charge in [-0.1, -0.05) is 35.9 Å². The zero-order chi connectivity index (χ0) is 16.9. The van der Waals surface area contributed by atoms with E-state index in [4.69, 9.17) is 11.6 Å². The summed E-state index contributed by atoms with van der Waals surface area (Å²) < 4.78 is 0. The Bertz CT molecular complexity index is 845. The van der Waals surface area contributed by atoms with E-state index in [1.54, 1.807) is 23.9 Å². The molecular weight excluding hydrogens is 342 g/mol. The van der Waals surface area contributed by atoms with Crippen LogP contribution in [0.2, 0.25) is 5.02 Å². The second-order valence-electron chi connectivity index (χ2n) is 5.21. The van der Waals surface area contributed by atoms with E-state index in [1.165, 1.54) is 4.90 Å². The molecule has 2 N–H and O–H groups in total. The van der Waals surface area contributed by atoms with E-state index in [1.807, 2.05) is 48.7 Å². The predicted molar refractivity (Wildman–Crippen MR) is 98.4 cm³/mol. The van der Waals surface area contributed by atoms with Crippen LogP contribution in [0.25, 0.3) is 11.3 Å². The van der Waals surface area contributed by atoms with E-state index in [2.05, 4.69) is 15.5 Å². The van der Waals surface area contributed by atoms with Crippen LogP contribution in [0.3, 0.4) is 0 Å². The molecule has 0 aliphatic heterocycles. The number of nitrogens with one attached hydrogen (secondary N) is 2. The number of H-pyrrole nitrogens is 1. The Morgan fingerprint density at radius 1 is 1.21 bits per heavy atom. The van der Waals surface area contributed by atoms with Crippen molar-refractivity contribution in [2.75, 3.05) is 6.26 Å². The van der Waals surface area contributed by atoms with Gasteiger partial charge in [0.05, 0.1) is 5.69 Å². The molecule has 122 valence electrons. The lowest BCUT2D eigenvalue weighted by Gasteiger charge is -2.04. The van der Waals surface area contributed by atoms with Crippen LogP contribution < -0.4 is 5.32 Å². The fourth-order valence-electron chi connectivity index (χ4n) is 2.25. The van der Waals surface area contributed by atoms with Crippen molar-refractivity contribution >= 4 is 29.3 Å². The van der Waals surface area contributed by atoms with Crippen molar-refractivity contribution < 1.29 is 4.79 Å². The number of aromatic amines is 1. The zero-order valence-corrected chi connectivity index (χ0v) is 14.6. The first-order chi connectivity index (χ1) is 11.7. The molecule has 0 spiro atoms. The first kappa shape index (κ1) is 16.6. The molecule has 1 amide bonds. The van der Waals surface area contributed by atoms with Crippen LogP contribution in [-0.4, -0.2) is 22.4 Å². The Balaban J connectivity index is 1.65. The maximum atomic E-state index is 12.2. The molecule has 1 aromatic heterocycles. The zero-order valence-electron chi connectivity index (χ0n) is 13.0. The van der Waals surface area contributed by atoms with Gasteiger partial charge >= 0.3 is 0 Å². The molecule has 0 saturated heterocycles. The van der Waals surface area contributed by atoms with Gasteiger partial charge in [0.2, 0.25) is 0 Å². The molecule has 0 radical (unpaired) electrons. The molecule has 4 nitrogen and oxygen atoms in total. The largest absolute Gasteiger partial charge is 0.347 e. The lowest BCUT2D eigenvalue weighted by Crippen LogP contribution is -2.23. The van der Waals surface area contributed by atoms with Crippen molar-refractivity contribution in [2.45, 2.75) is 11.4 Å². The number of aromatic nitrogens is 2. The van der Waals surface area contributed by atoms with E-state index < -0.39 is 0 Å². The molecule has 1 heterocycles. The molecule has 0 aliphatic rings. The number of nitrogens with zero attached hydrogens (tertiary/aromatic N) is 1. The van der Waals surface area contributed by atoms with Crippen LogP contribution in [0.15, 0.2) is 59.5 Å². The van der Waals surface area contributed by atoms with Crippen LogP contribution in [0.1, 0.15) is 16.1 Å². The third-order valence-electron chi connectivity index (χ3n) is 3.55. The van der Waals surface area contributed by atoms with Gasteiger partial charge in [0.15, 0.2) is 0 Å². The molecule has 0 saturated carbocycles. The highest BCUT2D eigenvalue weighted by Crippen LogP contribution is 2.21. The summed E-state index contributed by atoms with van der Waals surface area (Å²) in [5, 5.41) is 10.5. The van der Waals surface area contributed by atoms with E-state index in [9.17, 15) is 4.79 Å². The summed E-state index contributed by atoms with van der Waals surface area (Å²) in [4.78, 5) is 13.4. The summed E-state index contributed by atoms with van der Waals surface area (Å²) in [7, 11) is 0. The summed E-state index contributed by atoms with van der Waals surface area (Å²) in [6.45, 7) is 0.471. The number of carbonyl (C=O) groups is 1. The average molecular weight is 358 g/mol. The van der Waals surface area contributed by atoms with E-state index in [-0.39, 0.29) is 5.91 Å². The van der Waals surface area contributed by atoms with Gasteiger partial charge < -0.3 is 5.32 Å². The van der Waals surface area contributed by atoms with Gasteiger partial charge in [0.25, 0.3) is 5.91 Å². The Kier molecular flexibility index (Phi) is 5.23. The standard InChI is InChI=1S/C18H16ClN3OS/c1-24-15-7-5-12(6-8-15)11-20-18(23)17-10-16(21-22-17)13-3-2-4-14(19)9-13/h2-10H,11H2,1H3,(H,20,23)(H,21,22). The molecule has 3 aromatic rings. The van der Waals surface area contributed by atoms with Gasteiger partial charge in [0, 0.05) is 22.0 Å². The van der Waals surface area contributed by atoms with E-state index >= 15 is 0 Å². The van der Waals surface area contributed by atoms with Crippen molar-refractivity contribution in [1.82, 2.24) is 15.5 Å². The molecule has 0 aliphatic carbocycles. The molecule has 0 fully saturated rings. The van der Waals surface area contributed by atoms with Gasteiger partial charge in [-0.05, 0) is 42.2 Å². The van der Waals surface area contributed by atoms with Crippen molar-refractivity contribution in [3.63, 3.8) is 0 Å². The molecule has 0 unspecified atom stereocenters. The fraction of sp³-hybridized carbons (Fsp3) is 0.111. The maximum absolute atomic E-state index is 12.2. The first-order valence-electron chi connectivity index (χ1n) is 7.38. The maximum Gasteiger partial charge on any atom is 0.269 e.